The van der Waals surface area contributed by atoms with E-state index in [2.05, 4.69) is 0 Å². The molecule has 1 aliphatic rings. The molecular weight excluding hydrogens is 578 g/mol. The first kappa shape index (κ1) is 29.8. The van der Waals surface area contributed by atoms with Crippen molar-refractivity contribution in [1.82, 2.24) is 0 Å². The molecular formula is C27H20F6N2O5S. The number of primary amides is 2. The predicted molar refractivity (Wildman–Crippen MR) is 134 cm³/mol. The average Bonchev–Trinajstić information content (AvgIpc) is 2.90. The van der Waals surface area contributed by atoms with Crippen molar-refractivity contribution in [2.24, 2.45) is 16.9 Å². The van der Waals surface area contributed by atoms with E-state index in [4.69, 9.17) is 20.9 Å². The highest BCUT2D eigenvalue weighted by Crippen LogP contribution is 2.56. The third-order valence-electron chi connectivity index (χ3n) is 6.46. The lowest BCUT2D eigenvalue weighted by atomic mass is 9.68. The summed E-state index contributed by atoms with van der Waals surface area (Å²) in [7, 11) is 0. The van der Waals surface area contributed by atoms with Gasteiger partial charge in [0.1, 0.15) is 17.6 Å². The molecule has 0 spiro atoms. The van der Waals surface area contributed by atoms with E-state index in [-0.39, 0.29) is 16.7 Å². The maximum absolute atomic E-state index is 14.4. The van der Waals surface area contributed by atoms with Gasteiger partial charge >= 0.3 is 24.5 Å². The fourth-order valence-electron chi connectivity index (χ4n) is 4.75. The minimum atomic E-state index is -4.86. The summed E-state index contributed by atoms with van der Waals surface area (Å²) in [6, 6.07) is 13.0. The first-order valence-corrected chi connectivity index (χ1v) is 12.7. The van der Waals surface area contributed by atoms with Crippen molar-refractivity contribution in [3.05, 3.63) is 101 Å². The van der Waals surface area contributed by atoms with Gasteiger partial charge in [0.2, 0.25) is 0 Å². The molecule has 1 heterocycles. The summed E-state index contributed by atoms with van der Waals surface area (Å²) in [6.07, 6.45) is -16.7. The van der Waals surface area contributed by atoms with Gasteiger partial charge in [-0.05, 0) is 41.5 Å². The van der Waals surface area contributed by atoms with E-state index >= 15 is 0 Å². The number of rotatable bonds is 6. The Bertz CT molecular complexity index is 1420. The van der Waals surface area contributed by atoms with Crippen LogP contribution in [0.1, 0.15) is 44.8 Å². The molecule has 0 bridgehead atoms. The van der Waals surface area contributed by atoms with Gasteiger partial charge in [-0.25, -0.2) is 9.59 Å². The predicted octanol–water partition coefficient (Wildman–Crippen LogP) is 6.67. The zero-order chi connectivity index (χ0) is 30.2. The second-order valence-electron chi connectivity index (χ2n) is 9.03. The maximum atomic E-state index is 14.4. The number of alkyl halides is 6. The Morgan fingerprint density at radius 3 is 1.66 bits per heavy atom. The molecule has 3 aromatic carbocycles. The second-order valence-corrected chi connectivity index (χ2v) is 10.1. The fourth-order valence-corrected chi connectivity index (χ4v) is 6.07. The Labute approximate surface area is 232 Å². The number of nitrogens with two attached hydrogens (primary N) is 2. The summed E-state index contributed by atoms with van der Waals surface area (Å²) in [5, 5.41) is 0. The normalized spacial score (nSPS) is 18.6. The highest BCUT2D eigenvalue weighted by molar-refractivity contribution is 7.99. The van der Waals surface area contributed by atoms with E-state index < -0.39 is 64.8 Å². The number of fused-ring (bicyclic) bond motifs is 1. The molecule has 0 fully saturated rings. The molecule has 41 heavy (non-hydrogen) atoms. The largest absolute Gasteiger partial charge is 0.440 e. The van der Waals surface area contributed by atoms with Crippen LogP contribution in [0.2, 0.25) is 0 Å². The van der Waals surface area contributed by atoms with Crippen molar-refractivity contribution < 1.29 is 50.2 Å². The van der Waals surface area contributed by atoms with Crippen molar-refractivity contribution >= 4 is 29.7 Å². The molecule has 2 atom stereocenters. The van der Waals surface area contributed by atoms with Crippen LogP contribution in [0.4, 0.5) is 35.9 Å². The van der Waals surface area contributed by atoms with Gasteiger partial charge in [0.05, 0.1) is 11.1 Å². The number of ether oxygens (including phenoxy) is 2. The molecule has 4 N–H and O–H groups in total. The summed E-state index contributed by atoms with van der Waals surface area (Å²) in [6.45, 7) is 0. The minimum absolute atomic E-state index is 0.00107. The zero-order valence-electron chi connectivity index (χ0n) is 20.7. The lowest BCUT2D eigenvalue weighted by molar-refractivity contribution is -0.138. The quantitative estimate of drug-likeness (QED) is 0.306. The van der Waals surface area contributed by atoms with Crippen LogP contribution >= 0.6 is 11.8 Å². The summed E-state index contributed by atoms with van der Waals surface area (Å²) in [4.78, 5) is 39.1. The summed E-state index contributed by atoms with van der Waals surface area (Å²) in [5.41, 5.74) is 5.16. The van der Waals surface area contributed by atoms with Gasteiger partial charge in [-0.15, -0.1) is 11.8 Å². The average molecular weight is 599 g/mol. The standard InChI is InChI=1S/C27H20F6N2O5S/c28-26(29,30)16-7-3-5-14(11-16)21(39-23(34)37)25(13-41-19-10-2-1-9-18(19)20(25)36)22(40-24(35)38)15-6-4-8-17(12-15)27(31,32)33/h1-12,21-22H,13H2,(H2,34,37)(H2,35,38). The van der Waals surface area contributed by atoms with Crippen LogP contribution in [-0.4, -0.2) is 23.7 Å². The third kappa shape index (κ3) is 5.97. The summed E-state index contributed by atoms with van der Waals surface area (Å²) >= 11 is 0.990. The van der Waals surface area contributed by atoms with Crippen molar-refractivity contribution in [1.29, 1.82) is 0 Å². The van der Waals surface area contributed by atoms with Gasteiger partial charge in [-0.2, -0.15) is 26.3 Å². The van der Waals surface area contributed by atoms with E-state index in [1.165, 1.54) is 12.1 Å². The van der Waals surface area contributed by atoms with Crippen molar-refractivity contribution in [2.45, 2.75) is 29.5 Å². The van der Waals surface area contributed by atoms with Crippen LogP contribution in [0.15, 0.2) is 77.7 Å². The number of thioether (sulfide) groups is 1. The molecule has 0 aromatic heterocycles. The SMILES string of the molecule is NC(=O)OC(c1cccc(C(F)(F)F)c1)C1(C(OC(N)=O)c2cccc(C(F)(F)F)c2)CSc2ccccc2C1=O. The monoisotopic (exact) mass is 598 g/mol. The van der Waals surface area contributed by atoms with Gasteiger partial charge in [0.25, 0.3) is 0 Å². The Kier molecular flexibility index (Phi) is 7.98. The van der Waals surface area contributed by atoms with Crippen LogP contribution in [0.5, 0.6) is 0 Å². The van der Waals surface area contributed by atoms with E-state index in [9.17, 15) is 40.7 Å². The lowest BCUT2D eigenvalue weighted by Crippen LogP contribution is -2.50. The summed E-state index contributed by atoms with van der Waals surface area (Å²) < 4.78 is 92.6. The van der Waals surface area contributed by atoms with E-state index in [0.29, 0.717) is 17.0 Å². The van der Waals surface area contributed by atoms with Crippen LogP contribution in [0.25, 0.3) is 0 Å². The Morgan fingerprint density at radius 1 is 0.756 bits per heavy atom. The fraction of sp³-hybridized carbons (Fsp3) is 0.222. The van der Waals surface area contributed by atoms with E-state index in [0.717, 1.165) is 48.2 Å². The van der Waals surface area contributed by atoms with Crippen molar-refractivity contribution in [3.8, 4) is 0 Å². The zero-order valence-corrected chi connectivity index (χ0v) is 21.5. The van der Waals surface area contributed by atoms with Crippen LogP contribution in [0, 0.1) is 5.41 Å². The Balaban J connectivity index is 2.06. The number of carbonyl (C=O) groups excluding carboxylic acids is 3. The van der Waals surface area contributed by atoms with Gasteiger partial charge < -0.3 is 20.9 Å². The Morgan fingerprint density at radius 2 is 1.22 bits per heavy atom. The number of benzene rings is 3. The molecule has 0 radical (unpaired) electrons. The highest BCUT2D eigenvalue weighted by Gasteiger charge is 2.59. The first-order valence-electron chi connectivity index (χ1n) is 11.7. The van der Waals surface area contributed by atoms with Gasteiger partial charge in [-0.1, -0.05) is 42.5 Å². The van der Waals surface area contributed by atoms with Crippen LogP contribution in [-0.2, 0) is 21.8 Å². The number of amides is 2. The molecule has 2 unspecified atom stereocenters. The number of ketones is 1. The highest BCUT2D eigenvalue weighted by atomic mass is 32.2. The number of carbonyl (C=O) groups is 3. The number of hydrogen-bond donors (Lipinski definition) is 2. The van der Waals surface area contributed by atoms with Crippen LogP contribution in [0.3, 0.4) is 0 Å². The molecule has 1 aliphatic heterocycles. The Hall–Kier alpha value is -4.20. The molecule has 3 aromatic rings. The molecule has 2 amide bonds. The van der Waals surface area contributed by atoms with Gasteiger partial charge in [0, 0.05) is 16.2 Å². The lowest BCUT2D eigenvalue weighted by Gasteiger charge is -2.45. The second kappa shape index (κ2) is 11.0. The summed E-state index contributed by atoms with van der Waals surface area (Å²) in [5.74, 6) is -1.32. The number of hydrogen-bond acceptors (Lipinski definition) is 6. The minimum Gasteiger partial charge on any atom is -0.440 e. The first-order chi connectivity index (χ1) is 19.1. The molecule has 0 aliphatic carbocycles. The van der Waals surface area contributed by atoms with Gasteiger partial charge in [-0.3, -0.25) is 4.79 Å². The topological polar surface area (TPSA) is 122 Å². The van der Waals surface area contributed by atoms with Gasteiger partial charge in [0.15, 0.2) is 5.78 Å². The number of halogens is 6. The van der Waals surface area contributed by atoms with Crippen molar-refractivity contribution in [3.63, 3.8) is 0 Å². The van der Waals surface area contributed by atoms with Crippen molar-refractivity contribution in [2.75, 3.05) is 5.75 Å². The van der Waals surface area contributed by atoms with Crippen LogP contribution < -0.4 is 11.5 Å². The molecule has 4 rings (SSSR count). The maximum Gasteiger partial charge on any atom is 0.416 e. The number of Topliss-reactive ketones (excluding diaryl/α,β-unsaturated/α-hetero) is 1. The third-order valence-corrected chi connectivity index (χ3v) is 7.75. The van der Waals surface area contributed by atoms with E-state index in [1.54, 1.807) is 12.1 Å². The molecule has 0 saturated heterocycles. The molecule has 7 nitrogen and oxygen atoms in total. The molecule has 0 saturated carbocycles. The smallest absolute Gasteiger partial charge is 0.416 e. The molecule has 14 heteroatoms. The molecule has 216 valence electrons. The van der Waals surface area contributed by atoms with E-state index in [1.807, 2.05) is 0 Å².